The normalized spacial score (nSPS) is 8.13. The third-order valence-corrected chi connectivity index (χ3v) is 1.88. The zero-order valence-electron chi connectivity index (χ0n) is 8.51. The molecule has 0 aromatic heterocycles. The molecule has 2 aromatic rings. The number of hydrogen-bond acceptors (Lipinski definition) is 1. The molecule has 3 heteroatoms. The number of nitrogens with two attached hydrogens (primary N) is 1. The molecule has 1 nitrogen and oxygen atoms in total. The Hall–Kier alpha value is -1.11. The van der Waals surface area contributed by atoms with Crippen molar-refractivity contribution in [3.05, 3.63) is 60.7 Å². The van der Waals surface area contributed by atoms with Crippen LogP contribution in [0.2, 0.25) is 0 Å². The fourth-order valence-corrected chi connectivity index (χ4v) is 1.26. The van der Waals surface area contributed by atoms with E-state index >= 15 is 0 Å². The number of hydrogen-bond donors (Lipinski definition) is 1. The van der Waals surface area contributed by atoms with E-state index < -0.39 is 0 Å². The molecule has 0 saturated carbocycles. The minimum Gasteiger partial charge on any atom is -0.314 e. The van der Waals surface area contributed by atoms with Crippen LogP contribution in [0.15, 0.2) is 60.7 Å². The van der Waals surface area contributed by atoms with Crippen molar-refractivity contribution < 1.29 is 0 Å². The topological polar surface area (TPSA) is 26.0 Å². The Morgan fingerprint density at radius 2 is 0.867 bits per heavy atom. The van der Waals surface area contributed by atoms with Crippen molar-refractivity contribution in [1.29, 1.82) is 0 Å². The second-order valence-corrected chi connectivity index (χ2v) is 2.73. The molecule has 15 heavy (non-hydrogen) atoms. The van der Waals surface area contributed by atoms with Gasteiger partial charge in [-0.3, -0.25) is 0 Å². The molecule has 75 valence electrons. The molecule has 0 aliphatic carbocycles. The molecule has 0 saturated heterocycles. The molecule has 1 unspecified atom stereocenters. The summed E-state index contributed by atoms with van der Waals surface area (Å²) in [6.07, 6.45) is 0. The Bertz CT molecular complexity index is 313. The summed E-state index contributed by atoms with van der Waals surface area (Å²) in [5.41, 5.74) is 6.97. The zero-order valence-corrected chi connectivity index (χ0v) is 9.66. The average molecular weight is 214 g/mol. The lowest BCUT2D eigenvalue weighted by Gasteiger charge is -1.98. The van der Waals surface area contributed by atoms with Crippen LogP contribution in [0, 0.1) is 0 Å². The first-order chi connectivity index (χ1) is 6.97. The van der Waals surface area contributed by atoms with E-state index in [0.717, 1.165) is 0 Å². The molecule has 0 aliphatic heterocycles. The highest BCUT2D eigenvalue weighted by molar-refractivity contribution is 7.13. The standard InChI is InChI=1S/C12H10.B.H4NP/c1-3-7-11(8-4-1)12-9-5-2-6-10-12;;1-2/h1-10H;;1-2H2. The molecule has 0 bridgehead atoms. The summed E-state index contributed by atoms with van der Waals surface area (Å²) in [6.45, 7) is 0. The van der Waals surface area contributed by atoms with Gasteiger partial charge in [-0.1, -0.05) is 70.1 Å². The van der Waals surface area contributed by atoms with Crippen LogP contribution in [0.3, 0.4) is 0 Å². The SMILES string of the molecule is NP.[B].c1ccc(-c2ccccc2)cc1. The number of benzene rings is 2. The molecular formula is C12H14BNP. The lowest BCUT2D eigenvalue weighted by atomic mass is 10.1. The van der Waals surface area contributed by atoms with Gasteiger partial charge in [0.2, 0.25) is 0 Å². The Balaban J connectivity index is 0.000000617. The summed E-state index contributed by atoms with van der Waals surface area (Å²) in [5, 5.41) is 0. The van der Waals surface area contributed by atoms with Crippen LogP contribution in [0.4, 0.5) is 0 Å². The van der Waals surface area contributed by atoms with Gasteiger partial charge in [0.15, 0.2) is 0 Å². The summed E-state index contributed by atoms with van der Waals surface area (Å²) >= 11 is 0. The molecule has 0 spiro atoms. The van der Waals surface area contributed by atoms with Crippen LogP contribution >= 0.6 is 9.39 Å². The molecule has 2 aromatic carbocycles. The molecule has 1 atom stereocenters. The van der Waals surface area contributed by atoms with E-state index in [1.807, 2.05) is 21.5 Å². The van der Waals surface area contributed by atoms with E-state index in [-0.39, 0.29) is 8.41 Å². The van der Waals surface area contributed by atoms with E-state index in [4.69, 9.17) is 0 Å². The second-order valence-electron chi connectivity index (χ2n) is 2.73. The summed E-state index contributed by atoms with van der Waals surface area (Å²) in [5.74, 6) is 0. The van der Waals surface area contributed by atoms with E-state index in [2.05, 4.69) is 54.0 Å². The molecule has 0 heterocycles. The fraction of sp³-hybridized carbons (Fsp3) is 0. The summed E-state index contributed by atoms with van der Waals surface area (Å²) in [6, 6.07) is 20.8. The van der Waals surface area contributed by atoms with Gasteiger partial charge in [-0.2, -0.15) is 0 Å². The lowest BCUT2D eigenvalue weighted by molar-refractivity contribution is 1.62. The minimum atomic E-state index is 0. The average Bonchev–Trinajstić information content (AvgIpc) is 2.34. The summed E-state index contributed by atoms with van der Waals surface area (Å²) in [4.78, 5) is 0. The maximum Gasteiger partial charge on any atom is 0 e. The van der Waals surface area contributed by atoms with Crippen LogP contribution < -0.4 is 5.50 Å². The van der Waals surface area contributed by atoms with E-state index in [1.165, 1.54) is 11.1 Å². The molecular weight excluding hydrogens is 200 g/mol. The quantitative estimate of drug-likeness (QED) is 0.573. The van der Waals surface area contributed by atoms with Crippen LogP contribution in [0.5, 0.6) is 0 Å². The van der Waals surface area contributed by atoms with Crippen molar-refractivity contribution in [2.45, 2.75) is 0 Å². The van der Waals surface area contributed by atoms with Crippen molar-refractivity contribution >= 4 is 17.8 Å². The molecule has 0 amide bonds. The Morgan fingerprint density at radius 3 is 1.13 bits per heavy atom. The minimum absolute atomic E-state index is 0. The van der Waals surface area contributed by atoms with Crippen LogP contribution in [0.25, 0.3) is 11.1 Å². The Kier molecular flexibility index (Phi) is 7.62. The Morgan fingerprint density at radius 1 is 0.600 bits per heavy atom. The monoisotopic (exact) mass is 214 g/mol. The first kappa shape index (κ1) is 13.9. The van der Waals surface area contributed by atoms with Crippen molar-refractivity contribution in [2.75, 3.05) is 0 Å². The van der Waals surface area contributed by atoms with Gasteiger partial charge in [0.25, 0.3) is 0 Å². The maximum absolute atomic E-state index is 4.42. The van der Waals surface area contributed by atoms with Gasteiger partial charge in [0, 0.05) is 8.41 Å². The fourth-order valence-electron chi connectivity index (χ4n) is 1.26. The molecule has 0 aliphatic rings. The van der Waals surface area contributed by atoms with Gasteiger partial charge < -0.3 is 5.50 Å². The third-order valence-electron chi connectivity index (χ3n) is 1.88. The third kappa shape index (κ3) is 4.29. The van der Waals surface area contributed by atoms with Gasteiger partial charge in [-0.05, 0) is 11.1 Å². The van der Waals surface area contributed by atoms with Crippen molar-refractivity contribution in [3.8, 4) is 11.1 Å². The van der Waals surface area contributed by atoms with Gasteiger partial charge in [0.1, 0.15) is 0 Å². The summed E-state index contributed by atoms with van der Waals surface area (Å²) < 4.78 is 0. The molecule has 2 rings (SSSR count). The first-order valence-corrected chi connectivity index (χ1v) is 5.07. The van der Waals surface area contributed by atoms with Crippen molar-refractivity contribution in [1.82, 2.24) is 0 Å². The van der Waals surface area contributed by atoms with Gasteiger partial charge >= 0.3 is 0 Å². The van der Waals surface area contributed by atoms with Crippen molar-refractivity contribution in [2.24, 2.45) is 5.50 Å². The molecule has 3 radical (unpaired) electrons. The van der Waals surface area contributed by atoms with E-state index in [9.17, 15) is 0 Å². The summed E-state index contributed by atoms with van der Waals surface area (Å²) in [7, 11) is 1.92. The maximum atomic E-state index is 4.42. The zero-order chi connectivity index (χ0) is 10.2. The smallest absolute Gasteiger partial charge is 0 e. The molecule has 2 N–H and O–H groups in total. The predicted molar refractivity (Wildman–Crippen MR) is 71.5 cm³/mol. The first-order valence-electron chi connectivity index (χ1n) is 4.40. The second kappa shape index (κ2) is 8.22. The Labute approximate surface area is 95.5 Å². The molecule has 0 fully saturated rings. The van der Waals surface area contributed by atoms with Crippen molar-refractivity contribution in [3.63, 3.8) is 0 Å². The van der Waals surface area contributed by atoms with Gasteiger partial charge in [-0.25, -0.2) is 0 Å². The highest BCUT2D eigenvalue weighted by Gasteiger charge is 1.91. The van der Waals surface area contributed by atoms with E-state index in [0.29, 0.717) is 0 Å². The highest BCUT2D eigenvalue weighted by Crippen LogP contribution is 2.17. The largest absolute Gasteiger partial charge is 0.314 e. The predicted octanol–water partition coefficient (Wildman–Crippen LogP) is 2.71. The van der Waals surface area contributed by atoms with Gasteiger partial charge in [-0.15, -0.1) is 0 Å². The van der Waals surface area contributed by atoms with Gasteiger partial charge in [0.05, 0.1) is 0 Å². The van der Waals surface area contributed by atoms with Crippen LogP contribution in [0.1, 0.15) is 0 Å². The van der Waals surface area contributed by atoms with Crippen LogP contribution in [-0.4, -0.2) is 8.41 Å². The highest BCUT2D eigenvalue weighted by atomic mass is 31.0. The van der Waals surface area contributed by atoms with Crippen LogP contribution in [-0.2, 0) is 0 Å². The van der Waals surface area contributed by atoms with E-state index in [1.54, 1.807) is 0 Å². The lowest BCUT2D eigenvalue weighted by Crippen LogP contribution is -1.73. The number of rotatable bonds is 1.